The van der Waals surface area contributed by atoms with Gasteiger partial charge < -0.3 is 15.4 Å². The molecule has 0 saturated carbocycles. The van der Waals surface area contributed by atoms with E-state index < -0.39 is 0 Å². The Morgan fingerprint density at radius 1 is 1.25 bits per heavy atom. The Morgan fingerprint density at radius 2 is 2.17 bits per heavy atom. The molecule has 9 heteroatoms. The number of aromatic nitrogens is 5. The zero-order valence-corrected chi connectivity index (χ0v) is 13.1. The molecule has 3 heterocycles. The highest BCUT2D eigenvalue weighted by Crippen LogP contribution is 2.28. The molecule has 1 aromatic carbocycles. The number of nitrogens with zero attached hydrogens (tertiary/aromatic N) is 5. The molecule has 0 fully saturated rings. The smallest absolute Gasteiger partial charge is 0.282 e. The number of nitrogens with two attached hydrogens (primary N) is 1. The zero-order chi connectivity index (χ0) is 16.5. The molecule has 0 spiro atoms. The van der Waals surface area contributed by atoms with Crippen LogP contribution in [0.3, 0.4) is 0 Å². The lowest BCUT2D eigenvalue weighted by molar-refractivity contribution is 0.282. The van der Waals surface area contributed by atoms with Gasteiger partial charge in [0.1, 0.15) is 0 Å². The van der Waals surface area contributed by atoms with Gasteiger partial charge in [-0.2, -0.15) is 9.67 Å². The number of anilines is 1. The highest BCUT2D eigenvalue weighted by molar-refractivity contribution is 7.13. The van der Waals surface area contributed by atoms with E-state index in [0.717, 1.165) is 10.4 Å². The van der Waals surface area contributed by atoms with E-state index in [0.29, 0.717) is 17.2 Å². The third-order valence-corrected chi connectivity index (χ3v) is 4.28. The van der Waals surface area contributed by atoms with Gasteiger partial charge in [0.25, 0.3) is 5.89 Å². The topological polar surface area (TPSA) is 116 Å². The minimum atomic E-state index is -0.0663. The molecule has 3 N–H and O–H groups in total. The zero-order valence-electron chi connectivity index (χ0n) is 12.3. The lowest BCUT2D eigenvalue weighted by atomic mass is 10.2. The first kappa shape index (κ1) is 14.5. The van der Waals surface area contributed by atoms with Crippen molar-refractivity contribution in [1.82, 2.24) is 25.1 Å². The average molecular weight is 340 g/mol. The number of rotatable bonds is 4. The first-order chi connectivity index (χ1) is 11.8. The molecule has 0 atom stereocenters. The van der Waals surface area contributed by atoms with Crippen LogP contribution in [0.1, 0.15) is 5.56 Å². The van der Waals surface area contributed by atoms with Crippen molar-refractivity contribution in [2.24, 2.45) is 0 Å². The van der Waals surface area contributed by atoms with Gasteiger partial charge >= 0.3 is 0 Å². The molecule has 0 aliphatic heterocycles. The summed E-state index contributed by atoms with van der Waals surface area (Å²) in [6.45, 7) is -0.0663. The minimum absolute atomic E-state index is 0.0663. The van der Waals surface area contributed by atoms with E-state index in [-0.39, 0.29) is 18.3 Å². The molecule has 0 bridgehead atoms. The van der Waals surface area contributed by atoms with Crippen LogP contribution in [0.5, 0.6) is 0 Å². The van der Waals surface area contributed by atoms with Crippen LogP contribution in [0.25, 0.3) is 28.0 Å². The van der Waals surface area contributed by atoms with Crippen LogP contribution in [0.15, 0.2) is 46.3 Å². The van der Waals surface area contributed by atoms with Crippen LogP contribution < -0.4 is 5.73 Å². The predicted octanol–water partition coefficient (Wildman–Crippen LogP) is 2.12. The van der Waals surface area contributed by atoms with Gasteiger partial charge in [0, 0.05) is 0 Å². The van der Waals surface area contributed by atoms with E-state index in [4.69, 9.17) is 10.3 Å². The fraction of sp³-hybridized carbons (Fsp3) is 0.0667. The maximum atomic E-state index is 9.25. The van der Waals surface area contributed by atoms with Gasteiger partial charge in [-0.05, 0) is 29.1 Å². The summed E-state index contributed by atoms with van der Waals surface area (Å²) in [5.41, 5.74) is 7.90. The second-order valence-electron chi connectivity index (χ2n) is 4.96. The lowest BCUT2D eigenvalue weighted by Gasteiger charge is -2.04. The monoisotopic (exact) mass is 340 g/mol. The first-order valence-electron chi connectivity index (χ1n) is 7.05. The van der Waals surface area contributed by atoms with E-state index in [1.807, 2.05) is 35.7 Å². The van der Waals surface area contributed by atoms with Gasteiger partial charge in [0.2, 0.25) is 5.82 Å². The number of hydrogen-bond donors (Lipinski definition) is 2. The van der Waals surface area contributed by atoms with Crippen LogP contribution >= 0.6 is 11.3 Å². The summed E-state index contributed by atoms with van der Waals surface area (Å²) < 4.78 is 6.72. The number of hydrogen-bond acceptors (Lipinski definition) is 8. The number of benzene rings is 1. The number of aliphatic hydroxyl groups is 1. The molecule has 120 valence electrons. The molecule has 4 aromatic rings. The molecule has 0 radical (unpaired) electrons. The first-order valence-corrected chi connectivity index (χ1v) is 7.93. The number of aliphatic hydroxyl groups excluding tert-OH is 1. The van der Waals surface area contributed by atoms with E-state index in [9.17, 15) is 5.11 Å². The molecular formula is C15H12N6O2S. The van der Waals surface area contributed by atoms with E-state index in [2.05, 4.69) is 20.5 Å². The fourth-order valence-corrected chi connectivity index (χ4v) is 2.89. The molecule has 0 aliphatic rings. The maximum absolute atomic E-state index is 9.25. The van der Waals surface area contributed by atoms with Crippen molar-refractivity contribution >= 4 is 17.2 Å². The Morgan fingerprint density at radius 3 is 2.96 bits per heavy atom. The molecule has 24 heavy (non-hydrogen) atoms. The van der Waals surface area contributed by atoms with Gasteiger partial charge in [-0.25, -0.2) is 0 Å². The summed E-state index contributed by atoms with van der Waals surface area (Å²) in [6.07, 6.45) is 0. The second kappa shape index (κ2) is 5.87. The Bertz CT molecular complexity index is 976. The van der Waals surface area contributed by atoms with Crippen molar-refractivity contribution in [3.8, 4) is 28.0 Å². The van der Waals surface area contributed by atoms with Gasteiger partial charge in [-0.15, -0.1) is 16.4 Å². The fourth-order valence-electron chi connectivity index (χ4n) is 2.24. The normalized spacial score (nSPS) is 11.0. The van der Waals surface area contributed by atoms with Crippen molar-refractivity contribution in [2.75, 3.05) is 5.73 Å². The quantitative estimate of drug-likeness (QED) is 0.584. The van der Waals surface area contributed by atoms with Crippen LogP contribution in [0.4, 0.5) is 5.82 Å². The maximum Gasteiger partial charge on any atom is 0.282 e. The summed E-state index contributed by atoms with van der Waals surface area (Å²) in [6, 6.07) is 11.0. The van der Waals surface area contributed by atoms with Gasteiger partial charge in [0.15, 0.2) is 11.5 Å². The van der Waals surface area contributed by atoms with Gasteiger partial charge in [-0.1, -0.05) is 28.6 Å². The predicted molar refractivity (Wildman–Crippen MR) is 88.3 cm³/mol. The van der Waals surface area contributed by atoms with Crippen LogP contribution in [0.2, 0.25) is 0 Å². The van der Waals surface area contributed by atoms with E-state index in [1.54, 1.807) is 6.07 Å². The molecular weight excluding hydrogens is 328 g/mol. The number of nitrogen functional groups attached to an aromatic ring is 1. The standard InChI is InChI=1S/C15H12N6O2S/c16-13-12(15-17-14(19-23-15)11-5-2-6-24-11)18-20-21(13)10-4-1-3-9(7-10)8-22/h1-7,22H,8,16H2. The Labute approximate surface area is 140 Å². The van der Waals surface area contributed by atoms with Gasteiger partial charge in [-0.3, -0.25) is 0 Å². The largest absolute Gasteiger partial charge is 0.392 e. The molecule has 4 rings (SSSR count). The van der Waals surface area contributed by atoms with Crippen LogP contribution in [0, 0.1) is 0 Å². The highest BCUT2D eigenvalue weighted by atomic mass is 32.1. The Balaban J connectivity index is 1.72. The summed E-state index contributed by atoms with van der Waals surface area (Å²) in [7, 11) is 0. The molecule has 0 saturated heterocycles. The van der Waals surface area contributed by atoms with Crippen molar-refractivity contribution < 1.29 is 9.63 Å². The third-order valence-electron chi connectivity index (χ3n) is 3.41. The Hall–Kier alpha value is -3.04. The minimum Gasteiger partial charge on any atom is -0.392 e. The molecule has 3 aromatic heterocycles. The van der Waals surface area contributed by atoms with Crippen LogP contribution in [-0.2, 0) is 6.61 Å². The van der Waals surface area contributed by atoms with Crippen molar-refractivity contribution in [1.29, 1.82) is 0 Å². The molecule has 0 unspecified atom stereocenters. The van der Waals surface area contributed by atoms with Crippen LogP contribution in [-0.4, -0.2) is 30.2 Å². The average Bonchev–Trinajstić information content (AvgIpc) is 3.34. The Kier molecular flexibility index (Phi) is 3.56. The van der Waals surface area contributed by atoms with E-state index >= 15 is 0 Å². The van der Waals surface area contributed by atoms with Crippen molar-refractivity contribution in [3.63, 3.8) is 0 Å². The lowest BCUT2D eigenvalue weighted by Crippen LogP contribution is -2.03. The SMILES string of the molecule is Nc1c(-c2nc(-c3cccs3)no2)nnn1-c1cccc(CO)c1. The van der Waals surface area contributed by atoms with Gasteiger partial charge in [0.05, 0.1) is 17.2 Å². The van der Waals surface area contributed by atoms with E-state index in [1.165, 1.54) is 16.0 Å². The molecule has 0 amide bonds. The van der Waals surface area contributed by atoms with Crippen molar-refractivity contribution in [3.05, 3.63) is 47.3 Å². The summed E-state index contributed by atoms with van der Waals surface area (Å²) >= 11 is 1.51. The summed E-state index contributed by atoms with van der Waals surface area (Å²) in [4.78, 5) is 5.22. The summed E-state index contributed by atoms with van der Waals surface area (Å²) in [5, 5.41) is 23.2. The highest BCUT2D eigenvalue weighted by Gasteiger charge is 2.20. The third kappa shape index (κ3) is 2.45. The second-order valence-corrected chi connectivity index (χ2v) is 5.91. The summed E-state index contributed by atoms with van der Waals surface area (Å²) in [5.74, 6) is 0.975. The molecule has 0 aliphatic carbocycles. The van der Waals surface area contributed by atoms with Crippen molar-refractivity contribution in [2.45, 2.75) is 6.61 Å². The molecule has 8 nitrogen and oxygen atoms in total. The number of thiophene rings is 1.